The fourth-order valence-corrected chi connectivity index (χ4v) is 0.203. The quantitative estimate of drug-likeness (QED) is 0.416. The summed E-state index contributed by atoms with van der Waals surface area (Å²) in [6.45, 7) is 11.2. The van der Waals surface area contributed by atoms with Gasteiger partial charge in [-0.15, -0.1) is 6.58 Å². The van der Waals surface area contributed by atoms with Crippen LogP contribution in [0.25, 0.3) is 0 Å². The van der Waals surface area contributed by atoms with Crippen molar-refractivity contribution in [3.8, 4) is 0 Å². The van der Waals surface area contributed by atoms with Crippen LogP contribution < -0.4 is 0 Å². The van der Waals surface area contributed by atoms with Gasteiger partial charge in [-0.25, -0.2) is 0 Å². The number of carbonyl (C=O) groups is 1. The molecule has 0 radical (unpaired) electrons. The molecule has 10 heavy (non-hydrogen) atoms. The summed E-state index contributed by atoms with van der Waals surface area (Å²) in [5.74, 6) is -0.211. The molecule has 0 saturated heterocycles. The minimum atomic E-state index is -0.211. The van der Waals surface area contributed by atoms with Crippen LogP contribution in [0.2, 0.25) is 0 Å². The molecule has 0 aromatic rings. The molecular weight excluding hydrogens is 128 g/mol. The average Bonchev–Trinajstić information content (AvgIpc) is 1.62. The van der Waals surface area contributed by atoms with Gasteiger partial charge in [0.05, 0.1) is 6.61 Å². The van der Waals surface area contributed by atoms with Crippen molar-refractivity contribution in [1.29, 1.82) is 0 Å². The maximum absolute atomic E-state index is 9.82. The van der Waals surface area contributed by atoms with E-state index >= 15 is 0 Å². The third kappa shape index (κ3) is 56.9. The summed E-state index contributed by atoms with van der Waals surface area (Å²) >= 11 is 0. The van der Waals surface area contributed by atoms with Crippen molar-refractivity contribution in [1.82, 2.24) is 0 Å². The highest BCUT2D eigenvalue weighted by Crippen LogP contribution is 1.73. The summed E-state index contributed by atoms with van der Waals surface area (Å²) in [6.07, 6.45) is 0. The number of hydrogen-bond acceptors (Lipinski definition) is 2. The highest BCUT2D eigenvalue weighted by molar-refractivity contribution is 5.65. The lowest BCUT2D eigenvalue weighted by Gasteiger charge is -1.89. The first-order valence-electron chi connectivity index (χ1n) is 3.26. The van der Waals surface area contributed by atoms with Gasteiger partial charge < -0.3 is 4.74 Å². The minimum absolute atomic E-state index is 0.211. The van der Waals surface area contributed by atoms with Gasteiger partial charge in [0.15, 0.2) is 0 Å². The van der Waals surface area contributed by atoms with E-state index in [2.05, 4.69) is 11.3 Å². The molecule has 0 N–H and O–H groups in total. The molecule has 2 nitrogen and oxygen atoms in total. The Hall–Kier alpha value is -0.790. The van der Waals surface area contributed by atoms with Crippen molar-refractivity contribution in [3.05, 3.63) is 12.2 Å². The van der Waals surface area contributed by atoms with Crippen molar-refractivity contribution >= 4 is 5.97 Å². The largest absolute Gasteiger partial charge is 0.466 e. The number of esters is 1. The molecular formula is C8H16O2. The molecule has 0 aliphatic heterocycles. The van der Waals surface area contributed by atoms with Crippen LogP contribution in [0, 0.1) is 0 Å². The van der Waals surface area contributed by atoms with Crippen LogP contribution in [0.1, 0.15) is 27.7 Å². The smallest absolute Gasteiger partial charge is 0.302 e. The van der Waals surface area contributed by atoms with Crippen LogP contribution >= 0.6 is 0 Å². The molecule has 0 fully saturated rings. The predicted molar refractivity (Wildman–Crippen MR) is 42.8 cm³/mol. The van der Waals surface area contributed by atoms with Crippen LogP contribution in [0.5, 0.6) is 0 Å². The molecule has 0 spiro atoms. The van der Waals surface area contributed by atoms with E-state index in [1.165, 1.54) is 12.5 Å². The zero-order valence-electron chi connectivity index (χ0n) is 7.23. The Morgan fingerprint density at radius 3 is 1.70 bits per heavy atom. The third-order valence-electron chi connectivity index (χ3n) is 0.348. The van der Waals surface area contributed by atoms with Gasteiger partial charge in [0.2, 0.25) is 0 Å². The van der Waals surface area contributed by atoms with Crippen molar-refractivity contribution in [2.45, 2.75) is 27.7 Å². The molecule has 0 saturated carbocycles. The maximum Gasteiger partial charge on any atom is 0.302 e. The average molecular weight is 144 g/mol. The monoisotopic (exact) mass is 144 g/mol. The summed E-state index contributed by atoms with van der Waals surface area (Å²) in [5, 5.41) is 0. The Morgan fingerprint density at radius 2 is 1.70 bits per heavy atom. The number of rotatable bonds is 1. The van der Waals surface area contributed by atoms with E-state index in [0.717, 1.165) is 0 Å². The molecule has 0 aliphatic rings. The van der Waals surface area contributed by atoms with Gasteiger partial charge in [-0.1, -0.05) is 5.57 Å². The summed E-state index contributed by atoms with van der Waals surface area (Å²) in [4.78, 5) is 9.82. The van der Waals surface area contributed by atoms with Crippen LogP contribution in [-0.4, -0.2) is 12.6 Å². The predicted octanol–water partition coefficient (Wildman–Crippen LogP) is 2.15. The molecule has 0 aliphatic carbocycles. The Balaban J connectivity index is 0. The van der Waals surface area contributed by atoms with Crippen LogP contribution in [0.15, 0.2) is 12.2 Å². The first kappa shape index (κ1) is 11.9. The Bertz CT molecular complexity index is 102. The first-order chi connectivity index (χ1) is 4.50. The second kappa shape index (κ2) is 8.21. The third-order valence-corrected chi connectivity index (χ3v) is 0.348. The van der Waals surface area contributed by atoms with Crippen molar-refractivity contribution < 1.29 is 9.53 Å². The normalized spacial score (nSPS) is 7.20. The Labute approximate surface area is 62.9 Å². The second-order valence-electron chi connectivity index (χ2n) is 2.13. The number of hydrogen-bond donors (Lipinski definition) is 0. The van der Waals surface area contributed by atoms with E-state index in [9.17, 15) is 4.79 Å². The standard InChI is InChI=1S/C4H8O2.C4H8/c1-3-6-4(2)5;1-4(2)3/h3H2,1-2H3;1H2,2-3H3. The van der Waals surface area contributed by atoms with Crippen LogP contribution in [0.4, 0.5) is 0 Å². The molecule has 0 aromatic heterocycles. The molecule has 0 rings (SSSR count). The zero-order valence-corrected chi connectivity index (χ0v) is 7.23. The van der Waals surface area contributed by atoms with Crippen molar-refractivity contribution in [3.63, 3.8) is 0 Å². The fourth-order valence-electron chi connectivity index (χ4n) is 0.203. The van der Waals surface area contributed by atoms with Gasteiger partial charge >= 0.3 is 5.97 Å². The summed E-state index contributed by atoms with van der Waals surface area (Å²) in [5.41, 5.74) is 1.17. The van der Waals surface area contributed by atoms with E-state index in [-0.39, 0.29) is 5.97 Å². The lowest BCUT2D eigenvalue weighted by Crippen LogP contribution is -1.95. The minimum Gasteiger partial charge on any atom is -0.466 e. The molecule has 0 heterocycles. The molecule has 60 valence electrons. The molecule has 2 heteroatoms. The summed E-state index contributed by atoms with van der Waals surface area (Å²) in [6, 6.07) is 0. The lowest BCUT2D eigenvalue weighted by atomic mass is 10.4. The van der Waals surface area contributed by atoms with Crippen molar-refractivity contribution in [2.24, 2.45) is 0 Å². The molecule has 0 aromatic carbocycles. The maximum atomic E-state index is 9.82. The van der Waals surface area contributed by atoms with Gasteiger partial charge in [-0.3, -0.25) is 4.79 Å². The van der Waals surface area contributed by atoms with Crippen LogP contribution in [-0.2, 0) is 9.53 Å². The van der Waals surface area contributed by atoms with Crippen LogP contribution in [0.3, 0.4) is 0 Å². The number of allylic oxidation sites excluding steroid dienone is 1. The molecule has 0 unspecified atom stereocenters. The van der Waals surface area contributed by atoms with E-state index in [1.807, 2.05) is 13.8 Å². The summed E-state index contributed by atoms with van der Waals surface area (Å²) < 4.78 is 4.40. The SMILES string of the molecule is C=C(C)C.CCOC(C)=O. The zero-order chi connectivity index (χ0) is 8.57. The van der Waals surface area contributed by atoms with Gasteiger partial charge in [0, 0.05) is 6.92 Å². The first-order valence-corrected chi connectivity index (χ1v) is 3.26. The van der Waals surface area contributed by atoms with E-state index < -0.39 is 0 Å². The fraction of sp³-hybridized carbons (Fsp3) is 0.625. The summed E-state index contributed by atoms with van der Waals surface area (Å²) in [7, 11) is 0. The lowest BCUT2D eigenvalue weighted by molar-refractivity contribution is -0.140. The number of ether oxygens (including phenoxy) is 1. The van der Waals surface area contributed by atoms with Gasteiger partial charge in [-0.2, -0.15) is 0 Å². The highest BCUT2D eigenvalue weighted by atomic mass is 16.5. The van der Waals surface area contributed by atoms with Gasteiger partial charge in [-0.05, 0) is 20.8 Å². The van der Waals surface area contributed by atoms with E-state index in [0.29, 0.717) is 6.61 Å². The topological polar surface area (TPSA) is 26.3 Å². The Morgan fingerprint density at radius 1 is 1.40 bits per heavy atom. The molecule has 0 bridgehead atoms. The molecule has 0 amide bonds. The highest BCUT2D eigenvalue weighted by Gasteiger charge is 1.81. The van der Waals surface area contributed by atoms with Gasteiger partial charge in [0.25, 0.3) is 0 Å². The second-order valence-corrected chi connectivity index (χ2v) is 2.13. The van der Waals surface area contributed by atoms with E-state index in [4.69, 9.17) is 0 Å². The van der Waals surface area contributed by atoms with Gasteiger partial charge in [0.1, 0.15) is 0 Å². The number of carbonyl (C=O) groups excluding carboxylic acids is 1. The van der Waals surface area contributed by atoms with E-state index in [1.54, 1.807) is 6.92 Å². The van der Waals surface area contributed by atoms with Crippen molar-refractivity contribution in [2.75, 3.05) is 6.61 Å². The molecule has 0 atom stereocenters. The Kier molecular flexibility index (Phi) is 9.80.